The molecular weight excluding hydrogens is 228 g/mol. The summed E-state index contributed by atoms with van der Waals surface area (Å²) in [6.07, 6.45) is 0.242. The quantitative estimate of drug-likeness (QED) is 0.783. The van der Waals surface area contributed by atoms with Gasteiger partial charge in [-0.25, -0.2) is 0 Å². The van der Waals surface area contributed by atoms with Gasteiger partial charge in [0.2, 0.25) is 0 Å². The number of ether oxygens (including phenoxy) is 2. The molecule has 0 atom stereocenters. The van der Waals surface area contributed by atoms with E-state index < -0.39 is 0 Å². The van der Waals surface area contributed by atoms with Gasteiger partial charge in [-0.2, -0.15) is 0 Å². The lowest BCUT2D eigenvalue weighted by atomic mass is 10.2. The Morgan fingerprint density at radius 3 is 2.22 bits per heavy atom. The number of hydrogen-bond acceptors (Lipinski definition) is 4. The highest BCUT2D eigenvalue weighted by Crippen LogP contribution is 2.32. The fourth-order valence-electron chi connectivity index (χ4n) is 1.53. The fraction of sp³-hybridized carbons (Fsp3) is 0.571. The molecule has 0 aromatic heterocycles. The summed E-state index contributed by atoms with van der Waals surface area (Å²) >= 11 is 0. The van der Waals surface area contributed by atoms with Crippen LogP contribution in [0.3, 0.4) is 0 Å². The lowest BCUT2D eigenvalue weighted by Crippen LogP contribution is -2.14. The SMILES string of the molecule is CC(C)Oc1ccc(NCCN)cc1OC(C)C. The Balaban J connectivity index is 2.88. The molecule has 1 rings (SSSR count). The number of anilines is 1. The summed E-state index contributed by atoms with van der Waals surface area (Å²) < 4.78 is 11.5. The number of hydrogen-bond donors (Lipinski definition) is 2. The second kappa shape index (κ2) is 7.11. The van der Waals surface area contributed by atoms with Crippen molar-refractivity contribution in [1.82, 2.24) is 0 Å². The first-order chi connectivity index (χ1) is 8.52. The molecule has 0 saturated heterocycles. The molecule has 0 fully saturated rings. The predicted molar refractivity (Wildman–Crippen MR) is 75.5 cm³/mol. The fourth-order valence-corrected chi connectivity index (χ4v) is 1.53. The molecule has 0 spiro atoms. The number of benzene rings is 1. The van der Waals surface area contributed by atoms with Crippen molar-refractivity contribution in [3.05, 3.63) is 18.2 Å². The number of rotatable bonds is 7. The summed E-state index contributed by atoms with van der Waals surface area (Å²) in [6, 6.07) is 5.85. The third-order valence-electron chi connectivity index (χ3n) is 2.14. The second-order valence-corrected chi connectivity index (χ2v) is 4.71. The van der Waals surface area contributed by atoms with E-state index >= 15 is 0 Å². The molecule has 4 heteroatoms. The van der Waals surface area contributed by atoms with Crippen LogP contribution in [-0.4, -0.2) is 25.3 Å². The minimum atomic E-state index is 0.115. The van der Waals surface area contributed by atoms with Crippen LogP contribution in [0.15, 0.2) is 18.2 Å². The lowest BCUT2D eigenvalue weighted by Gasteiger charge is -2.18. The third kappa shape index (κ3) is 4.84. The molecule has 0 heterocycles. The maximum Gasteiger partial charge on any atom is 0.163 e. The maximum absolute atomic E-state index is 5.77. The van der Waals surface area contributed by atoms with Gasteiger partial charge in [-0.05, 0) is 39.8 Å². The van der Waals surface area contributed by atoms with Crippen LogP contribution in [0.2, 0.25) is 0 Å². The zero-order chi connectivity index (χ0) is 13.5. The Morgan fingerprint density at radius 2 is 1.67 bits per heavy atom. The van der Waals surface area contributed by atoms with Crippen LogP contribution >= 0.6 is 0 Å². The van der Waals surface area contributed by atoms with Crippen molar-refractivity contribution in [2.75, 3.05) is 18.4 Å². The van der Waals surface area contributed by atoms with Gasteiger partial charge >= 0.3 is 0 Å². The zero-order valence-corrected chi connectivity index (χ0v) is 11.7. The van der Waals surface area contributed by atoms with Crippen molar-refractivity contribution in [2.24, 2.45) is 5.73 Å². The van der Waals surface area contributed by atoms with E-state index in [1.54, 1.807) is 0 Å². The lowest BCUT2D eigenvalue weighted by molar-refractivity contribution is 0.199. The van der Waals surface area contributed by atoms with Gasteiger partial charge in [0.05, 0.1) is 12.2 Å². The summed E-state index contributed by atoms with van der Waals surface area (Å²) in [4.78, 5) is 0. The van der Waals surface area contributed by atoms with Crippen LogP contribution in [0.5, 0.6) is 11.5 Å². The van der Waals surface area contributed by atoms with E-state index in [4.69, 9.17) is 15.2 Å². The van der Waals surface area contributed by atoms with Gasteiger partial charge in [0.25, 0.3) is 0 Å². The Labute approximate surface area is 109 Å². The Morgan fingerprint density at radius 1 is 1.06 bits per heavy atom. The Hall–Kier alpha value is -1.42. The first-order valence-corrected chi connectivity index (χ1v) is 6.44. The van der Waals surface area contributed by atoms with Crippen molar-refractivity contribution >= 4 is 5.69 Å². The highest BCUT2D eigenvalue weighted by molar-refractivity contribution is 5.54. The molecule has 0 amide bonds. The van der Waals surface area contributed by atoms with E-state index in [1.165, 1.54) is 0 Å². The molecule has 3 N–H and O–H groups in total. The first kappa shape index (κ1) is 14.6. The normalized spacial score (nSPS) is 10.8. The largest absolute Gasteiger partial charge is 0.487 e. The molecule has 0 unspecified atom stereocenters. The summed E-state index contributed by atoms with van der Waals surface area (Å²) in [6.45, 7) is 9.34. The number of nitrogens with two attached hydrogens (primary N) is 1. The third-order valence-corrected chi connectivity index (χ3v) is 2.14. The van der Waals surface area contributed by atoms with Gasteiger partial charge in [0.1, 0.15) is 0 Å². The van der Waals surface area contributed by atoms with E-state index in [9.17, 15) is 0 Å². The van der Waals surface area contributed by atoms with E-state index in [-0.39, 0.29) is 12.2 Å². The molecule has 0 saturated carbocycles. The van der Waals surface area contributed by atoms with Crippen LogP contribution < -0.4 is 20.5 Å². The van der Waals surface area contributed by atoms with Crippen LogP contribution in [0, 0.1) is 0 Å². The predicted octanol–water partition coefficient (Wildman–Crippen LogP) is 2.63. The smallest absolute Gasteiger partial charge is 0.163 e. The van der Waals surface area contributed by atoms with Gasteiger partial charge < -0.3 is 20.5 Å². The molecule has 102 valence electrons. The van der Waals surface area contributed by atoms with E-state index in [2.05, 4.69) is 5.32 Å². The second-order valence-electron chi connectivity index (χ2n) is 4.71. The molecule has 0 radical (unpaired) electrons. The molecular formula is C14H24N2O2. The molecule has 0 bridgehead atoms. The Kier molecular flexibility index (Phi) is 5.78. The average Bonchev–Trinajstić information content (AvgIpc) is 2.28. The van der Waals surface area contributed by atoms with Crippen LogP contribution in [0.25, 0.3) is 0 Å². The van der Waals surface area contributed by atoms with Gasteiger partial charge in [0, 0.05) is 24.8 Å². The van der Waals surface area contributed by atoms with Crippen LogP contribution in [0.1, 0.15) is 27.7 Å². The summed E-state index contributed by atoms with van der Waals surface area (Å²) in [5, 5.41) is 3.23. The monoisotopic (exact) mass is 252 g/mol. The average molecular weight is 252 g/mol. The van der Waals surface area contributed by atoms with Gasteiger partial charge in [-0.3, -0.25) is 0 Å². The van der Waals surface area contributed by atoms with Gasteiger partial charge in [-0.1, -0.05) is 0 Å². The summed E-state index contributed by atoms with van der Waals surface area (Å²) in [7, 11) is 0. The highest BCUT2D eigenvalue weighted by atomic mass is 16.5. The minimum Gasteiger partial charge on any atom is -0.487 e. The zero-order valence-electron chi connectivity index (χ0n) is 11.7. The molecule has 0 aliphatic rings. The number of nitrogens with one attached hydrogen (secondary N) is 1. The molecule has 0 aliphatic carbocycles. The minimum absolute atomic E-state index is 0.115. The molecule has 1 aromatic carbocycles. The van der Waals surface area contributed by atoms with Gasteiger partial charge in [-0.15, -0.1) is 0 Å². The van der Waals surface area contributed by atoms with Gasteiger partial charge in [0.15, 0.2) is 11.5 Å². The molecule has 1 aromatic rings. The standard InChI is InChI=1S/C14H24N2O2/c1-10(2)17-13-6-5-12(16-8-7-15)9-14(13)18-11(3)4/h5-6,9-11,16H,7-8,15H2,1-4H3. The van der Waals surface area contributed by atoms with E-state index in [1.807, 2.05) is 45.9 Å². The van der Waals surface area contributed by atoms with Crippen LogP contribution in [0.4, 0.5) is 5.69 Å². The highest BCUT2D eigenvalue weighted by Gasteiger charge is 2.09. The van der Waals surface area contributed by atoms with Crippen molar-refractivity contribution in [3.63, 3.8) is 0 Å². The molecule has 0 aliphatic heterocycles. The molecule has 4 nitrogen and oxygen atoms in total. The van der Waals surface area contributed by atoms with Crippen molar-refractivity contribution in [2.45, 2.75) is 39.9 Å². The molecule has 18 heavy (non-hydrogen) atoms. The summed E-state index contributed by atoms with van der Waals surface area (Å²) in [5.74, 6) is 1.54. The summed E-state index contributed by atoms with van der Waals surface area (Å²) in [5.41, 5.74) is 6.47. The van der Waals surface area contributed by atoms with E-state index in [0.717, 1.165) is 23.7 Å². The topological polar surface area (TPSA) is 56.5 Å². The maximum atomic E-state index is 5.77. The van der Waals surface area contributed by atoms with Crippen LogP contribution in [-0.2, 0) is 0 Å². The van der Waals surface area contributed by atoms with E-state index in [0.29, 0.717) is 6.54 Å². The van der Waals surface area contributed by atoms with Crippen molar-refractivity contribution < 1.29 is 9.47 Å². The van der Waals surface area contributed by atoms with Crippen molar-refractivity contribution in [3.8, 4) is 11.5 Å². The Bertz CT molecular complexity index is 365. The van der Waals surface area contributed by atoms with Crippen molar-refractivity contribution in [1.29, 1.82) is 0 Å². The first-order valence-electron chi connectivity index (χ1n) is 6.44.